The number of rotatable bonds is 14. The SMILES string of the molecule is CC(C)(C)[Si](OC[C@@H]1C[C@@H](OCc2ccccc2)[C@H]1COC(c1ccccc1)(c1ccccc1)c1ccccc1)(c1ccccc1)c1ccccc1. The third-order valence-electron chi connectivity index (χ3n) is 10.9. The third-order valence-corrected chi connectivity index (χ3v) is 15.9. The van der Waals surface area contributed by atoms with Crippen LogP contribution in [-0.4, -0.2) is 27.6 Å². The topological polar surface area (TPSA) is 27.7 Å². The van der Waals surface area contributed by atoms with Crippen molar-refractivity contribution in [3.8, 4) is 0 Å². The van der Waals surface area contributed by atoms with Gasteiger partial charge in [-0.15, -0.1) is 0 Å². The Labute approximate surface area is 311 Å². The Hall–Kier alpha value is -4.58. The summed E-state index contributed by atoms with van der Waals surface area (Å²) >= 11 is 0. The predicted molar refractivity (Wildman–Crippen MR) is 215 cm³/mol. The highest BCUT2D eigenvalue weighted by molar-refractivity contribution is 6.99. The van der Waals surface area contributed by atoms with E-state index in [0.717, 1.165) is 23.1 Å². The van der Waals surface area contributed by atoms with Gasteiger partial charge in [0.2, 0.25) is 0 Å². The maximum atomic E-state index is 7.53. The minimum absolute atomic E-state index is 0.0491. The lowest BCUT2D eigenvalue weighted by Crippen LogP contribution is -2.67. The van der Waals surface area contributed by atoms with Gasteiger partial charge >= 0.3 is 0 Å². The Kier molecular flexibility index (Phi) is 11.0. The molecule has 3 nitrogen and oxygen atoms in total. The molecule has 6 aromatic carbocycles. The standard InChI is InChI=1S/C48H50O3Si/c1-47(2,3)52(43-30-18-8-19-31-43,44-32-20-9-21-33-44)51-36-39-34-46(49-35-38-22-10-4-11-23-38)45(39)37-50-48(40-24-12-5-13-25-40,41-26-14-6-15-27-41)42-28-16-7-17-29-42/h4-33,39,45-46H,34-37H2,1-3H3/t39-,45-,46+/m0/s1. The van der Waals surface area contributed by atoms with Crippen LogP contribution in [0.5, 0.6) is 0 Å². The van der Waals surface area contributed by atoms with E-state index in [0.29, 0.717) is 19.8 Å². The normalized spacial score (nSPS) is 17.7. The van der Waals surface area contributed by atoms with Gasteiger partial charge in [0.25, 0.3) is 8.32 Å². The van der Waals surface area contributed by atoms with E-state index in [1.807, 2.05) is 0 Å². The average Bonchev–Trinajstić information content (AvgIpc) is 3.19. The summed E-state index contributed by atoms with van der Waals surface area (Å²) in [5.41, 5.74) is 3.70. The first kappa shape index (κ1) is 35.8. The summed E-state index contributed by atoms with van der Waals surface area (Å²) in [6.07, 6.45) is 0.974. The van der Waals surface area contributed by atoms with E-state index < -0.39 is 13.9 Å². The molecule has 6 aromatic rings. The number of hydrogen-bond donors (Lipinski definition) is 0. The Morgan fingerprint density at radius 3 is 1.35 bits per heavy atom. The van der Waals surface area contributed by atoms with Crippen molar-refractivity contribution in [3.63, 3.8) is 0 Å². The monoisotopic (exact) mass is 702 g/mol. The van der Waals surface area contributed by atoms with Crippen LogP contribution in [0.15, 0.2) is 182 Å². The summed E-state index contributed by atoms with van der Waals surface area (Å²) in [4.78, 5) is 0. The Morgan fingerprint density at radius 1 is 0.519 bits per heavy atom. The largest absolute Gasteiger partial charge is 0.407 e. The molecule has 0 saturated heterocycles. The molecule has 0 heterocycles. The highest BCUT2D eigenvalue weighted by atomic mass is 28.4. The van der Waals surface area contributed by atoms with Crippen molar-refractivity contribution in [2.75, 3.05) is 13.2 Å². The molecule has 1 aliphatic rings. The van der Waals surface area contributed by atoms with E-state index in [4.69, 9.17) is 13.9 Å². The highest BCUT2D eigenvalue weighted by Gasteiger charge is 2.52. The molecular formula is C48H50O3Si. The van der Waals surface area contributed by atoms with Crippen LogP contribution in [0.4, 0.5) is 0 Å². The maximum absolute atomic E-state index is 7.53. The quantitative estimate of drug-likeness (QED) is 0.0836. The molecule has 264 valence electrons. The number of benzene rings is 6. The minimum atomic E-state index is -2.72. The second kappa shape index (κ2) is 16.0. The molecule has 0 amide bonds. The fraction of sp³-hybridized carbons (Fsp3) is 0.250. The minimum Gasteiger partial charge on any atom is -0.407 e. The number of ether oxygens (including phenoxy) is 2. The zero-order valence-corrected chi connectivity index (χ0v) is 31.6. The first-order chi connectivity index (χ1) is 25.4. The van der Waals surface area contributed by atoms with E-state index in [2.05, 4.69) is 203 Å². The molecule has 3 atom stereocenters. The first-order valence-corrected chi connectivity index (χ1v) is 20.5. The van der Waals surface area contributed by atoms with Crippen LogP contribution in [0.3, 0.4) is 0 Å². The van der Waals surface area contributed by atoms with Crippen molar-refractivity contribution < 1.29 is 13.9 Å². The second-order valence-corrected chi connectivity index (χ2v) is 19.4. The van der Waals surface area contributed by atoms with Gasteiger partial charge in [-0.3, -0.25) is 0 Å². The zero-order chi connectivity index (χ0) is 35.9. The summed E-state index contributed by atoms with van der Waals surface area (Å²) in [6, 6.07) is 64.3. The summed E-state index contributed by atoms with van der Waals surface area (Å²) < 4.78 is 21.7. The maximum Gasteiger partial charge on any atom is 0.261 e. The van der Waals surface area contributed by atoms with E-state index in [-0.39, 0.29) is 23.0 Å². The van der Waals surface area contributed by atoms with Gasteiger partial charge in [-0.1, -0.05) is 203 Å². The number of hydrogen-bond acceptors (Lipinski definition) is 3. The molecule has 1 saturated carbocycles. The molecular weight excluding hydrogens is 653 g/mol. The van der Waals surface area contributed by atoms with Crippen molar-refractivity contribution >= 4 is 18.7 Å². The first-order valence-electron chi connectivity index (χ1n) is 18.6. The molecule has 52 heavy (non-hydrogen) atoms. The second-order valence-electron chi connectivity index (χ2n) is 15.1. The van der Waals surface area contributed by atoms with Crippen molar-refractivity contribution in [2.45, 2.75) is 50.5 Å². The van der Waals surface area contributed by atoms with Crippen molar-refractivity contribution in [1.82, 2.24) is 0 Å². The highest BCUT2D eigenvalue weighted by Crippen LogP contribution is 2.46. The molecule has 4 heteroatoms. The third kappa shape index (κ3) is 7.22. The van der Waals surface area contributed by atoms with E-state index in [1.165, 1.54) is 15.9 Å². The molecule has 0 bridgehead atoms. The van der Waals surface area contributed by atoms with Crippen LogP contribution in [-0.2, 0) is 26.1 Å². The summed E-state index contributed by atoms with van der Waals surface area (Å²) in [5.74, 6) is 0.403. The molecule has 0 unspecified atom stereocenters. The van der Waals surface area contributed by atoms with Crippen LogP contribution >= 0.6 is 0 Å². The van der Waals surface area contributed by atoms with Gasteiger partial charge in [-0.2, -0.15) is 0 Å². The lowest BCUT2D eigenvalue weighted by Gasteiger charge is -2.49. The summed E-state index contributed by atoms with van der Waals surface area (Å²) in [6.45, 7) is 8.78. The summed E-state index contributed by atoms with van der Waals surface area (Å²) in [7, 11) is -2.72. The molecule has 0 radical (unpaired) electrons. The van der Waals surface area contributed by atoms with Gasteiger partial charge in [0.05, 0.1) is 19.3 Å². The zero-order valence-electron chi connectivity index (χ0n) is 30.6. The fourth-order valence-corrected chi connectivity index (χ4v) is 12.8. The molecule has 0 aliphatic heterocycles. The van der Waals surface area contributed by atoms with Crippen LogP contribution in [0, 0.1) is 11.8 Å². The van der Waals surface area contributed by atoms with Gasteiger partial charge in [0, 0.05) is 12.5 Å². The smallest absolute Gasteiger partial charge is 0.261 e. The average molecular weight is 703 g/mol. The molecule has 1 fully saturated rings. The van der Waals surface area contributed by atoms with Crippen molar-refractivity contribution in [1.29, 1.82) is 0 Å². The van der Waals surface area contributed by atoms with E-state index >= 15 is 0 Å². The molecule has 0 aromatic heterocycles. The van der Waals surface area contributed by atoms with Crippen molar-refractivity contribution in [2.24, 2.45) is 11.8 Å². The van der Waals surface area contributed by atoms with Gasteiger partial charge in [-0.05, 0) is 50.0 Å². The van der Waals surface area contributed by atoms with Gasteiger partial charge in [-0.25, -0.2) is 0 Å². The molecule has 0 spiro atoms. The lowest BCUT2D eigenvalue weighted by atomic mass is 9.71. The van der Waals surface area contributed by atoms with Crippen LogP contribution in [0.1, 0.15) is 49.4 Å². The van der Waals surface area contributed by atoms with Gasteiger partial charge < -0.3 is 13.9 Å². The van der Waals surface area contributed by atoms with Crippen LogP contribution in [0.2, 0.25) is 5.04 Å². The van der Waals surface area contributed by atoms with E-state index in [9.17, 15) is 0 Å². The predicted octanol–water partition coefficient (Wildman–Crippen LogP) is 9.79. The Balaban J connectivity index is 1.24. The van der Waals surface area contributed by atoms with Crippen molar-refractivity contribution in [3.05, 3.63) is 204 Å². The fourth-order valence-electron chi connectivity index (χ4n) is 8.14. The van der Waals surface area contributed by atoms with Gasteiger partial charge in [0.1, 0.15) is 5.60 Å². The summed E-state index contributed by atoms with van der Waals surface area (Å²) in [5, 5.41) is 2.50. The lowest BCUT2D eigenvalue weighted by molar-refractivity contribution is -0.146. The molecule has 1 aliphatic carbocycles. The molecule has 7 rings (SSSR count). The Morgan fingerprint density at radius 2 is 0.923 bits per heavy atom. The van der Waals surface area contributed by atoms with Crippen LogP contribution < -0.4 is 10.4 Å². The Bertz CT molecular complexity index is 1810. The van der Waals surface area contributed by atoms with E-state index in [1.54, 1.807) is 0 Å². The van der Waals surface area contributed by atoms with Gasteiger partial charge in [0.15, 0.2) is 0 Å². The van der Waals surface area contributed by atoms with Crippen LogP contribution in [0.25, 0.3) is 0 Å². The molecule has 0 N–H and O–H groups in total.